The number of aromatic nitrogens is 5. The van der Waals surface area contributed by atoms with Crippen molar-refractivity contribution in [1.82, 2.24) is 29.4 Å². The van der Waals surface area contributed by atoms with Gasteiger partial charge in [-0.1, -0.05) is 0 Å². The zero-order valence-corrected chi connectivity index (χ0v) is 12.9. The highest BCUT2D eigenvalue weighted by Gasteiger charge is 2.22. The maximum atomic E-state index is 5.87. The van der Waals surface area contributed by atoms with E-state index in [2.05, 4.69) is 26.3 Å². The molecule has 7 heteroatoms. The van der Waals surface area contributed by atoms with E-state index in [1.54, 1.807) is 0 Å². The van der Waals surface area contributed by atoms with Crippen molar-refractivity contribution in [2.45, 2.75) is 33.0 Å². The Morgan fingerprint density at radius 3 is 2.90 bits per heavy atom. The predicted octanol–water partition coefficient (Wildman–Crippen LogP) is 0.529. The normalized spacial score (nSPS) is 20.0. The van der Waals surface area contributed by atoms with Crippen LogP contribution in [0.3, 0.4) is 0 Å². The van der Waals surface area contributed by atoms with Crippen molar-refractivity contribution in [2.24, 2.45) is 7.05 Å². The second-order valence-electron chi connectivity index (χ2n) is 5.64. The zero-order chi connectivity index (χ0) is 14.8. The van der Waals surface area contributed by atoms with Gasteiger partial charge in [-0.15, -0.1) is 0 Å². The third-order valence-electron chi connectivity index (χ3n) is 3.73. The Hall–Kier alpha value is -1.73. The molecule has 1 aliphatic heterocycles. The summed E-state index contributed by atoms with van der Waals surface area (Å²) in [5.41, 5.74) is 1.24. The summed E-state index contributed by atoms with van der Waals surface area (Å²) in [5.74, 6) is 1.76. The van der Waals surface area contributed by atoms with Crippen LogP contribution in [0.2, 0.25) is 0 Å². The number of aryl methyl sites for hydroxylation is 3. The van der Waals surface area contributed by atoms with E-state index in [0.29, 0.717) is 0 Å². The lowest BCUT2D eigenvalue weighted by molar-refractivity contribution is -0.0405. The fourth-order valence-corrected chi connectivity index (χ4v) is 2.77. The first-order valence-corrected chi connectivity index (χ1v) is 7.29. The smallest absolute Gasteiger partial charge is 0.147 e. The monoisotopic (exact) mass is 290 g/mol. The Morgan fingerprint density at radius 1 is 1.38 bits per heavy atom. The summed E-state index contributed by atoms with van der Waals surface area (Å²) in [6.45, 7) is 8.21. The van der Waals surface area contributed by atoms with Crippen LogP contribution in [0.5, 0.6) is 0 Å². The maximum absolute atomic E-state index is 5.87. The fraction of sp³-hybridized carbons (Fsp3) is 0.643. The van der Waals surface area contributed by atoms with Crippen LogP contribution in [0.25, 0.3) is 0 Å². The standard InChI is InChI=1S/C14H22N6O/c1-11-16-12(2)20(17-11)10-14-9-19(4-5-21-14)8-13-6-15-18(3)7-13/h6-7,14H,4-5,8-10H2,1-3H3/t14-/m1/s1. The summed E-state index contributed by atoms with van der Waals surface area (Å²) >= 11 is 0. The van der Waals surface area contributed by atoms with Gasteiger partial charge in [0.1, 0.15) is 11.6 Å². The van der Waals surface area contributed by atoms with E-state index in [9.17, 15) is 0 Å². The third kappa shape index (κ3) is 3.48. The highest BCUT2D eigenvalue weighted by Crippen LogP contribution is 2.12. The van der Waals surface area contributed by atoms with Crippen molar-refractivity contribution >= 4 is 0 Å². The van der Waals surface area contributed by atoms with Gasteiger partial charge in [-0.3, -0.25) is 9.58 Å². The average Bonchev–Trinajstić information content (AvgIpc) is 2.96. The van der Waals surface area contributed by atoms with E-state index in [1.807, 2.05) is 36.5 Å². The molecule has 0 amide bonds. The highest BCUT2D eigenvalue weighted by atomic mass is 16.5. The minimum atomic E-state index is 0.162. The van der Waals surface area contributed by atoms with Gasteiger partial charge in [0.15, 0.2) is 0 Å². The number of ether oxygens (including phenoxy) is 1. The van der Waals surface area contributed by atoms with Crippen LogP contribution >= 0.6 is 0 Å². The molecule has 0 aliphatic carbocycles. The summed E-state index contributed by atoms with van der Waals surface area (Å²) in [5, 5.41) is 8.63. The Kier molecular flexibility index (Phi) is 4.03. The number of morpholine rings is 1. The minimum absolute atomic E-state index is 0.162. The molecule has 0 radical (unpaired) electrons. The summed E-state index contributed by atoms with van der Waals surface area (Å²) < 4.78 is 9.65. The second kappa shape index (κ2) is 5.95. The Bertz CT molecular complexity index is 604. The third-order valence-corrected chi connectivity index (χ3v) is 3.73. The molecule has 3 heterocycles. The molecule has 7 nitrogen and oxygen atoms in total. The molecule has 1 aliphatic rings. The van der Waals surface area contributed by atoms with Crippen LogP contribution in [0, 0.1) is 13.8 Å². The molecule has 114 valence electrons. The maximum Gasteiger partial charge on any atom is 0.147 e. The first-order chi connectivity index (χ1) is 10.1. The molecule has 2 aromatic heterocycles. The van der Waals surface area contributed by atoms with E-state index < -0.39 is 0 Å². The van der Waals surface area contributed by atoms with Crippen LogP contribution in [-0.4, -0.2) is 55.2 Å². The van der Waals surface area contributed by atoms with Gasteiger partial charge >= 0.3 is 0 Å². The van der Waals surface area contributed by atoms with Gasteiger partial charge in [0.05, 0.1) is 25.5 Å². The second-order valence-corrected chi connectivity index (χ2v) is 5.64. The van der Waals surface area contributed by atoms with Gasteiger partial charge in [-0.2, -0.15) is 10.2 Å². The number of hydrogen-bond donors (Lipinski definition) is 0. The SMILES string of the molecule is Cc1nc(C)n(C[C@H]2CN(Cc3cnn(C)c3)CCO2)n1. The van der Waals surface area contributed by atoms with Crippen molar-refractivity contribution in [3.05, 3.63) is 29.6 Å². The first-order valence-electron chi connectivity index (χ1n) is 7.29. The molecule has 0 aromatic carbocycles. The molecule has 1 atom stereocenters. The molecule has 1 saturated heterocycles. The number of rotatable bonds is 4. The lowest BCUT2D eigenvalue weighted by Gasteiger charge is -2.32. The highest BCUT2D eigenvalue weighted by molar-refractivity contribution is 5.03. The molecular weight excluding hydrogens is 268 g/mol. The van der Waals surface area contributed by atoms with Crippen molar-refractivity contribution < 1.29 is 4.74 Å². The topological polar surface area (TPSA) is 61.0 Å². The molecule has 2 aromatic rings. The lowest BCUT2D eigenvalue weighted by atomic mass is 10.2. The molecule has 0 saturated carbocycles. The van der Waals surface area contributed by atoms with Crippen LogP contribution in [-0.2, 0) is 24.9 Å². The quantitative estimate of drug-likeness (QED) is 0.822. The van der Waals surface area contributed by atoms with E-state index in [-0.39, 0.29) is 6.10 Å². The number of nitrogens with zero attached hydrogens (tertiary/aromatic N) is 6. The summed E-state index contributed by atoms with van der Waals surface area (Å²) in [6, 6.07) is 0. The molecule has 0 spiro atoms. The number of hydrogen-bond acceptors (Lipinski definition) is 5. The summed E-state index contributed by atoms with van der Waals surface area (Å²) in [6.07, 6.45) is 4.15. The predicted molar refractivity (Wildman–Crippen MR) is 77.7 cm³/mol. The Labute approximate surface area is 124 Å². The van der Waals surface area contributed by atoms with E-state index >= 15 is 0 Å². The average molecular weight is 290 g/mol. The van der Waals surface area contributed by atoms with Crippen LogP contribution in [0.15, 0.2) is 12.4 Å². The van der Waals surface area contributed by atoms with Crippen molar-refractivity contribution in [3.63, 3.8) is 0 Å². The Balaban J connectivity index is 1.59. The molecule has 3 rings (SSSR count). The van der Waals surface area contributed by atoms with Crippen molar-refractivity contribution in [1.29, 1.82) is 0 Å². The fourth-order valence-electron chi connectivity index (χ4n) is 2.77. The van der Waals surface area contributed by atoms with Crippen molar-refractivity contribution in [2.75, 3.05) is 19.7 Å². The van der Waals surface area contributed by atoms with E-state index in [4.69, 9.17) is 4.74 Å². The van der Waals surface area contributed by atoms with Crippen LogP contribution in [0.1, 0.15) is 17.2 Å². The van der Waals surface area contributed by atoms with E-state index in [1.165, 1.54) is 5.56 Å². The van der Waals surface area contributed by atoms with E-state index in [0.717, 1.165) is 44.4 Å². The van der Waals surface area contributed by atoms with Crippen LogP contribution in [0.4, 0.5) is 0 Å². The largest absolute Gasteiger partial charge is 0.374 e. The molecule has 0 unspecified atom stereocenters. The summed E-state index contributed by atoms with van der Waals surface area (Å²) in [7, 11) is 1.95. The van der Waals surface area contributed by atoms with Gasteiger partial charge < -0.3 is 4.74 Å². The zero-order valence-electron chi connectivity index (χ0n) is 12.9. The molecular formula is C14H22N6O. The van der Waals surface area contributed by atoms with Crippen molar-refractivity contribution in [3.8, 4) is 0 Å². The first kappa shape index (κ1) is 14.2. The molecule has 0 bridgehead atoms. The lowest BCUT2D eigenvalue weighted by Crippen LogP contribution is -2.43. The molecule has 21 heavy (non-hydrogen) atoms. The minimum Gasteiger partial charge on any atom is -0.374 e. The van der Waals surface area contributed by atoms with Gasteiger partial charge in [-0.05, 0) is 13.8 Å². The van der Waals surface area contributed by atoms with Gasteiger partial charge in [0.2, 0.25) is 0 Å². The molecule has 1 fully saturated rings. The van der Waals surface area contributed by atoms with Gasteiger partial charge in [0.25, 0.3) is 0 Å². The van der Waals surface area contributed by atoms with Gasteiger partial charge in [-0.25, -0.2) is 9.67 Å². The molecule has 0 N–H and O–H groups in total. The van der Waals surface area contributed by atoms with Gasteiger partial charge in [0, 0.05) is 38.4 Å². The Morgan fingerprint density at radius 2 is 2.24 bits per heavy atom. The summed E-state index contributed by atoms with van der Waals surface area (Å²) in [4.78, 5) is 6.74. The van der Waals surface area contributed by atoms with Crippen LogP contribution < -0.4 is 0 Å².